The molecule has 1 saturated carbocycles. The molecule has 120 valence electrons. The summed E-state index contributed by atoms with van der Waals surface area (Å²) in [5, 5.41) is 10.6. The summed E-state index contributed by atoms with van der Waals surface area (Å²) in [7, 11) is 1.25. The number of carbonyl (C=O) groups is 2. The van der Waals surface area contributed by atoms with Crippen LogP contribution in [0.1, 0.15) is 51.9 Å². The fourth-order valence-corrected chi connectivity index (χ4v) is 4.27. The van der Waals surface area contributed by atoms with Gasteiger partial charge in [-0.15, -0.1) is 0 Å². The summed E-state index contributed by atoms with van der Waals surface area (Å²) in [6.07, 6.45) is 10.1. The van der Waals surface area contributed by atoms with Gasteiger partial charge in [-0.25, -0.2) is 4.79 Å². The summed E-state index contributed by atoms with van der Waals surface area (Å²) < 4.78 is 4.77. The van der Waals surface area contributed by atoms with Crippen LogP contribution >= 0.6 is 0 Å². The lowest BCUT2D eigenvalue weighted by atomic mass is 9.72. The van der Waals surface area contributed by atoms with Crippen molar-refractivity contribution in [2.45, 2.75) is 62.9 Å². The molecule has 5 nitrogen and oxygen atoms in total. The standard InChI is InChI=1S/C17H23NO4/c1-16-8-7-11-18(16)17(9-5-3-4-6-10-17)14(20)12(13(16)19)15(21)22-2/h7,11,19H,3-6,8-10H2,1-2H3. The molecule has 0 aromatic carbocycles. The van der Waals surface area contributed by atoms with E-state index in [1.54, 1.807) is 0 Å². The summed E-state index contributed by atoms with van der Waals surface area (Å²) in [5.41, 5.74) is -1.58. The van der Waals surface area contributed by atoms with Gasteiger partial charge in [-0.1, -0.05) is 31.8 Å². The fraction of sp³-hybridized carbons (Fsp3) is 0.647. The van der Waals surface area contributed by atoms with Crippen molar-refractivity contribution >= 4 is 11.8 Å². The Balaban J connectivity index is 2.18. The number of Topliss-reactive ketones (excluding diaryl/α,β-unsaturated/α-hetero) is 1. The lowest BCUT2D eigenvalue weighted by Gasteiger charge is -2.52. The molecule has 22 heavy (non-hydrogen) atoms. The SMILES string of the molecule is COC(=O)C1=C(O)C2(C)CC=CN2C2(CCCCCC2)C1=O. The van der Waals surface area contributed by atoms with E-state index in [1.807, 2.05) is 24.1 Å². The first kappa shape index (κ1) is 15.1. The minimum Gasteiger partial charge on any atom is -0.509 e. The second kappa shape index (κ2) is 5.14. The zero-order valence-electron chi connectivity index (χ0n) is 13.2. The van der Waals surface area contributed by atoms with Crippen LogP contribution in [-0.4, -0.2) is 39.9 Å². The minimum atomic E-state index is -0.723. The Kier molecular flexibility index (Phi) is 3.54. The molecule has 2 heterocycles. The van der Waals surface area contributed by atoms with Crippen LogP contribution in [-0.2, 0) is 14.3 Å². The maximum atomic E-state index is 13.2. The highest BCUT2D eigenvalue weighted by Gasteiger charge is 2.59. The van der Waals surface area contributed by atoms with Crippen molar-refractivity contribution in [2.24, 2.45) is 0 Å². The molecule has 0 bridgehead atoms. The number of hydrogen-bond acceptors (Lipinski definition) is 5. The van der Waals surface area contributed by atoms with E-state index in [0.717, 1.165) is 38.5 Å². The summed E-state index contributed by atoms with van der Waals surface area (Å²) in [6.45, 7) is 1.89. The van der Waals surface area contributed by atoms with Gasteiger partial charge in [-0.2, -0.15) is 0 Å². The van der Waals surface area contributed by atoms with Crippen LogP contribution in [0.4, 0.5) is 0 Å². The predicted molar refractivity (Wildman–Crippen MR) is 81.1 cm³/mol. The van der Waals surface area contributed by atoms with Crippen molar-refractivity contribution in [1.29, 1.82) is 0 Å². The lowest BCUT2D eigenvalue weighted by Crippen LogP contribution is -2.64. The van der Waals surface area contributed by atoms with E-state index in [0.29, 0.717) is 6.42 Å². The highest BCUT2D eigenvalue weighted by molar-refractivity contribution is 6.22. The highest BCUT2D eigenvalue weighted by Crippen LogP contribution is 2.49. The van der Waals surface area contributed by atoms with Crippen LogP contribution in [0, 0.1) is 0 Å². The number of esters is 1. The highest BCUT2D eigenvalue weighted by atomic mass is 16.5. The smallest absolute Gasteiger partial charge is 0.345 e. The van der Waals surface area contributed by atoms with Gasteiger partial charge in [0.1, 0.15) is 16.9 Å². The molecule has 0 aromatic heterocycles. The number of ketones is 1. The average Bonchev–Trinajstić information content (AvgIpc) is 2.76. The Morgan fingerprint density at radius 3 is 2.50 bits per heavy atom. The number of hydrogen-bond donors (Lipinski definition) is 1. The number of rotatable bonds is 1. The molecular formula is C17H23NO4. The van der Waals surface area contributed by atoms with Crippen LogP contribution in [0.25, 0.3) is 0 Å². The summed E-state index contributed by atoms with van der Waals surface area (Å²) in [4.78, 5) is 27.3. The minimum absolute atomic E-state index is 0.146. The van der Waals surface area contributed by atoms with Crippen molar-refractivity contribution < 1.29 is 19.4 Å². The molecule has 1 spiro atoms. The predicted octanol–water partition coefficient (Wildman–Crippen LogP) is 2.63. The summed E-state index contributed by atoms with van der Waals surface area (Å²) in [6, 6.07) is 0. The van der Waals surface area contributed by atoms with Crippen molar-refractivity contribution in [1.82, 2.24) is 4.90 Å². The van der Waals surface area contributed by atoms with Gasteiger partial charge in [0.15, 0.2) is 5.78 Å². The van der Waals surface area contributed by atoms with E-state index < -0.39 is 17.0 Å². The molecule has 1 fully saturated rings. The van der Waals surface area contributed by atoms with Crippen molar-refractivity contribution in [3.63, 3.8) is 0 Å². The quantitative estimate of drug-likeness (QED) is 0.596. The molecule has 1 N–H and O–H groups in total. The van der Waals surface area contributed by atoms with Gasteiger partial charge in [0, 0.05) is 0 Å². The van der Waals surface area contributed by atoms with Gasteiger partial charge in [0.2, 0.25) is 0 Å². The van der Waals surface area contributed by atoms with Gasteiger partial charge >= 0.3 is 5.97 Å². The molecule has 0 radical (unpaired) electrons. The van der Waals surface area contributed by atoms with Gasteiger partial charge in [-0.3, -0.25) is 4.79 Å². The van der Waals surface area contributed by atoms with E-state index in [4.69, 9.17) is 4.74 Å². The molecule has 1 unspecified atom stereocenters. The van der Waals surface area contributed by atoms with Gasteiger partial charge in [-0.05, 0) is 32.4 Å². The van der Waals surface area contributed by atoms with E-state index in [9.17, 15) is 14.7 Å². The molecule has 3 rings (SSSR count). The molecule has 0 saturated heterocycles. The first-order valence-corrected chi connectivity index (χ1v) is 8.00. The molecule has 0 amide bonds. The van der Waals surface area contributed by atoms with E-state index in [-0.39, 0.29) is 17.1 Å². The number of fused-ring (bicyclic) bond motifs is 2. The Hall–Kier alpha value is -1.78. The topological polar surface area (TPSA) is 66.8 Å². The van der Waals surface area contributed by atoms with Crippen LogP contribution in [0.2, 0.25) is 0 Å². The average molecular weight is 305 g/mol. The largest absolute Gasteiger partial charge is 0.509 e. The first-order chi connectivity index (χ1) is 10.5. The molecular weight excluding hydrogens is 282 g/mol. The number of nitrogens with zero attached hydrogens (tertiary/aromatic N) is 1. The van der Waals surface area contributed by atoms with Gasteiger partial charge in [0.25, 0.3) is 0 Å². The van der Waals surface area contributed by atoms with Gasteiger partial charge < -0.3 is 14.7 Å². The molecule has 0 aromatic rings. The van der Waals surface area contributed by atoms with Crippen LogP contribution < -0.4 is 0 Å². The van der Waals surface area contributed by atoms with Crippen molar-refractivity contribution in [2.75, 3.05) is 7.11 Å². The summed E-state index contributed by atoms with van der Waals surface area (Å²) >= 11 is 0. The zero-order chi connectivity index (χ0) is 16.0. The number of aliphatic hydroxyl groups is 1. The Morgan fingerprint density at radius 1 is 1.27 bits per heavy atom. The molecule has 1 atom stereocenters. The lowest BCUT2D eigenvalue weighted by molar-refractivity contribution is -0.144. The van der Waals surface area contributed by atoms with E-state index in [1.165, 1.54) is 7.11 Å². The second-order valence-corrected chi connectivity index (χ2v) is 6.72. The summed E-state index contributed by atoms with van der Waals surface area (Å²) in [5.74, 6) is -1.15. The number of carbonyl (C=O) groups excluding carboxylic acids is 2. The number of methoxy groups -OCH3 is 1. The third-order valence-electron chi connectivity index (χ3n) is 5.48. The molecule has 1 aliphatic carbocycles. The molecule has 5 heteroatoms. The van der Waals surface area contributed by atoms with Crippen molar-refractivity contribution in [3.8, 4) is 0 Å². The van der Waals surface area contributed by atoms with Crippen molar-refractivity contribution in [3.05, 3.63) is 23.6 Å². The molecule has 2 aliphatic heterocycles. The first-order valence-electron chi connectivity index (χ1n) is 8.00. The molecule has 3 aliphatic rings. The van der Waals surface area contributed by atoms with Crippen LogP contribution in [0.3, 0.4) is 0 Å². The maximum Gasteiger partial charge on any atom is 0.345 e. The van der Waals surface area contributed by atoms with Crippen LogP contribution in [0.15, 0.2) is 23.6 Å². The van der Waals surface area contributed by atoms with E-state index >= 15 is 0 Å². The number of aliphatic hydroxyl groups excluding tert-OH is 1. The Labute approximate surface area is 130 Å². The number of ether oxygens (including phenoxy) is 1. The van der Waals surface area contributed by atoms with Crippen LogP contribution in [0.5, 0.6) is 0 Å². The Morgan fingerprint density at radius 2 is 1.91 bits per heavy atom. The van der Waals surface area contributed by atoms with Gasteiger partial charge in [0.05, 0.1) is 12.6 Å². The Bertz CT molecular complexity index is 569. The second-order valence-electron chi connectivity index (χ2n) is 6.72. The van der Waals surface area contributed by atoms with E-state index in [2.05, 4.69) is 0 Å². The normalized spacial score (nSPS) is 30.5. The monoisotopic (exact) mass is 305 g/mol. The third-order valence-corrected chi connectivity index (χ3v) is 5.48. The third kappa shape index (κ3) is 1.84. The fourth-order valence-electron chi connectivity index (χ4n) is 4.27. The maximum absolute atomic E-state index is 13.2. The zero-order valence-corrected chi connectivity index (χ0v) is 13.2.